The van der Waals surface area contributed by atoms with Gasteiger partial charge in [0.25, 0.3) is 0 Å². The monoisotopic (exact) mass is 246 g/mol. The highest BCUT2D eigenvalue weighted by atomic mass is 16.1. The maximum Gasteiger partial charge on any atom is 0.239 e. The molecule has 0 aromatic carbocycles. The van der Waals surface area contributed by atoms with E-state index in [0.29, 0.717) is 18.9 Å². The van der Waals surface area contributed by atoms with Crippen molar-refractivity contribution in [2.24, 2.45) is 11.7 Å². The van der Waals surface area contributed by atoms with Crippen LogP contribution >= 0.6 is 0 Å². The second-order valence-corrected chi connectivity index (χ2v) is 4.74. The minimum absolute atomic E-state index is 0.0765. The Morgan fingerprint density at radius 1 is 1.67 bits per heavy atom. The van der Waals surface area contributed by atoms with Gasteiger partial charge >= 0.3 is 0 Å². The normalized spacial score (nSPS) is 16.0. The summed E-state index contributed by atoms with van der Waals surface area (Å²) in [5.74, 6) is 0.540. The molecular weight excluding hydrogens is 228 g/mol. The Hall–Kier alpha value is -1.80. The summed E-state index contributed by atoms with van der Waals surface area (Å²) in [7, 11) is 0. The van der Waals surface area contributed by atoms with Crippen molar-refractivity contribution < 1.29 is 4.79 Å². The predicted octanol–water partition coefficient (Wildman–Crippen LogP) is 0.928. The first-order valence-corrected chi connectivity index (χ1v) is 6.25. The Kier molecular flexibility index (Phi) is 4.00. The van der Waals surface area contributed by atoms with E-state index in [4.69, 9.17) is 11.0 Å². The molecule has 0 spiro atoms. The first-order valence-electron chi connectivity index (χ1n) is 6.25. The number of nitrogens with one attached hydrogen (secondary N) is 1. The molecule has 0 aliphatic heterocycles. The standard InChI is InChI=1S/C13H18N4O/c14-5-1-6-16-12(18)9-17-7-4-11(8-17)13(15)10-2-3-10/h4,7-8,10,13H,1-3,6,9,15H2,(H,16,18). The molecule has 1 unspecified atom stereocenters. The largest absolute Gasteiger partial charge is 0.354 e. The van der Waals surface area contributed by atoms with E-state index in [1.54, 1.807) is 0 Å². The molecule has 1 fully saturated rings. The van der Waals surface area contributed by atoms with Crippen LogP contribution in [0, 0.1) is 17.2 Å². The maximum atomic E-state index is 11.5. The van der Waals surface area contributed by atoms with Crippen molar-refractivity contribution >= 4 is 5.91 Å². The predicted molar refractivity (Wildman–Crippen MR) is 67.3 cm³/mol. The molecule has 1 saturated carbocycles. The number of hydrogen-bond acceptors (Lipinski definition) is 3. The van der Waals surface area contributed by atoms with Gasteiger partial charge in [-0.2, -0.15) is 5.26 Å². The van der Waals surface area contributed by atoms with Gasteiger partial charge < -0.3 is 15.6 Å². The summed E-state index contributed by atoms with van der Waals surface area (Å²) >= 11 is 0. The van der Waals surface area contributed by atoms with Gasteiger partial charge in [0.2, 0.25) is 5.91 Å². The number of amides is 1. The summed E-state index contributed by atoms with van der Waals surface area (Å²) in [5, 5.41) is 11.1. The van der Waals surface area contributed by atoms with Crippen LogP contribution in [-0.2, 0) is 11.3 Å². The van der Waals surface area contributed by atoms with E-state index < -0.39 is 0 Å². The topological polar surface area (TPSA) is 83.8 Å². The molecule has 1 amide bonds. The lowest BCUT2D eigenvalue weighted by Gasteiger charge is -2.07. The van der Waals surface area contributed by atoms with E-state index in [2.05, 4.69) is 5.32 Å². The highest BCUT2D eigenvalue weighted by Gasteiger charge is 2.29. The third kappa shape index (κ3) is 3.34. The fourth-order valence-electron chi connectivity index (χ4n) is 1.96. The Morgan fingerprint density at radius 2 is 2.44 bits per heavy atom. The van der Waals surface area contributed by atoms with Gasteiger partial charge in [0.05, 0.1) is 12.5 Å². The molecule has 1 aliphatic rings. The number of nitriles is 1. The Bertz CT molecular complexity index is 456. The number of rotatable bonds is 6. The van der Waals surface area contributed by atoms with Crippen LogP contribution in [0.3, 0.4) is 0 Å². The van der Waals surface area contributed by atoms with Gasteiger partial charge in [0.15, 0.2) is 0 Å². The SMILES string of the molecule is N#CCCNC(=O)Cn1ccc(C(N)C2CC2)c1. The zero-order valence-corrected chi connectivity index (χ0v) is 10.3. The lowest BCUT2D eigenvalue weighted by molar-refractivity contribution is -0.121. The maximum absolute atomic E-state index is 11.5. The number of carbonyl (C=O) groups is 1. The van der Waals surface area contributed by atoms with Crippen LogP contribution in [0.15, 0.2) is 18.5 Å². The first-order chi connectivity index (χ1) is 8.70. The van der Waals surface area contributed by atoms with Crippen molar-refractivity contribution in [2.45, 2.75) is 31.8 Å². The van der Waals surface area contributed by atoms with Gasteiger partial charge in [-0.15, -0.1) is 0 Å². The van der Waals surface area contributed by atoms with E-state index in [-0.39, 0.29) is 18.5 Å². The zero-order valence-electron chi connectivity index (χ0n) is 10.3. The van der Waals surface area contributed by atoms with E-state index in [1.165, 1.54) is 12.8 Å². The minimum atomic E-state index is -0.0765. The summed E-state index contributed by atoms with van der Waals surface area (Å²) in [6, 6.07) is 4.07. The lowest BCUT2D eigenvalue weighted by atomic mass is 10.1. The smallest absolute Gasteiger partial charge is 0.239 e. The van der Waals surface area contributed by atoms with E-state index in [9.17, 15) is 4.79 Å². The molecule has 1 aliphatic carbocycles. The fourth-order valence-corrected chi connectivity index (χ4v) is 1.96. The molecule has 5 heteroatoms. The molecule has 0 bridgehead atoms. The van der Waals surface area contributed by atoms with Crippen LogP contribution in [-0.4, -0.2) is 17.0 Å². The van der Waals surface area contributed by atoms with Crippen molar-refractivity contribution in [3.63, 3.8) is 0 Å². The van der Waals surface area contributed by atoms with Gasteiger partial charge in [0, 0.05) is 25.0 Å². The highest BCUT2D eigenvalue weighted by molar-refractivity contribution is 5.75. The Labute approximate surface area is 107 Å². The summed E-state index contributed by atoms with van der Waals surface area (Å²) in [5.41, 5.74) is 7.19. The van der Waals surface area contributed by atoms with Crippen LogP contribution in [0.5, 0.6) is 0 Å². The quantitative estimate of drug-likeness (QED) is 0.732. The molecule has 18 heavy (non-hydrogen) atoms. The Balaban J connectivity index is 1.82. The van der Waals surface area contributed by atoms with Gasteiger partial charge in [-0.3, -0.25) is 4.79 Å². The summed E-state index contributed by atoms with van der Waals surface area (Å²) in [6.07, 6.45) is 6.57. The molecule has 1 aromatic heterocycles. The van der Waals surface area contributed by atoms with Crippen LogP contribution in [0.1, 0.15) is 30.9 Å². The molecule has 0 saturated heterocycles. The van der Waals surface area contributed by atoms with Crippen LogP contribution < -0.4 is 11.1 Å². The van der Waals surface area contributed by atoms with Crippen LogP contribution in [0.2, 0.25) is 0 Å². The summed E-state index contributed by atoms with van der Waals surface area (Å²) in [4.78, 5) is 11.5. The second-order valence-electron chi connectivity index (χ2n) is 4.74. The number of nitrogens with zero attached hydrogens (tertiary/aromatic N) is 2. The molecular formula is C13H18N4O. The molecule has 96 valence electrons. The van der Waals surface area contributed by atoms with E-state index in [1.807, 2.05) is 29.1 Å². The second kappa shape index (κ2) is 5.69. The zero-order chi connectivity index (χ0) is 13.0. The third-order valence-corrected chi connectivity index (χ3v) is 3.17. The number of hydrogen-bond donors (Lipinski definition) is 2. The van der Waals surface area contributed by atoms with Crippen molar-refractivity contribution in [1.82, 2.24) is 9.88 Å². The summed E-state index contributed by atoms with van der Waals surface area (Å²) < 4.78 is 1.83. The lowest BCUT2D eigenvalue weighted by Crippen LogP contribution is -2.27. The Morgan fingerprint density at radius 3 is 3.11 bits per heavy atom. The molecule has 1 atom stereocenters. The molecule has 3 N–H and O–H groups in total. The molecule has 5 nitrogen and oxygen atoms in total. The highest BCUT2D eigenvalue weighted by Crippen LogP contribution is 2.39. The van der Waals surface area contributed by atoms with Crippen molar-refractivity contribution in [3.8, 4) is 6.07 Å². The van der Waals surface area contributed by atoms with Gasteiger partial charge in [-0.1, -0.05) is 0 Å². The van der Waals surface area contributed by atoms with E-state index >= 15 is 0 Å². The third-order valence-electron chi connectivity index (χ3n) is 3.17. The van der Waals surface area contributed by atoms with Crippen molar-refractivity contribution in [3.05, 3.63) is 24.0 Å². The van der Waals surface area contributed by atoms with Gasteiger partial charge in [-0.25, -0.2) is 0 Å². The van der Waals surface area contributed by atoms with Crippen LogP contribution in [0.4, 0.5) is 0 Å². The molecule has 2 rings (SSSR count). The molecule has 1 aromatic rings. The average molecular weight is 246 g/mol. The number of aromatic nitrogens is 1. The van der Waals surface area contributed by atoms with Crippen LogP contribution in [0.25, 0.3) is 0 Å². The van der Waals surface area contributed by atoms with Crippen molar-refractivity contribution in [2.75, 3.05) is 6.54 Å². The molecule has 0 radical (unpaired) electrons. The average Bonchev–Trinajstić information content (AvgIpc) is 3.10. The first kappa shape index (κ1) is 12.7. The van der Waals surface area contributed by atoms with E-state index in [0.717, 1.165) is 5.56 Å². The number of carbonyl (C=O) groups excluding carboxylic acids is 1. The summed E-state index contributed by atoms with van der Waals surface area (Å²) in [6.45, 7) is 0.688. The molecule has 1 heterocycles. The minimum Gasteiger partial charge on any atom is -0.354 e. The van der Waals surface area contributed by atoms with Gasteiger partial charge in [-0.05, 0) is 30.4 Å². The van der Waals surface area contributed by atoms with Crippen molar-refractivity contribution in [1.29, 1.82) is 5.26 Å². The fraction of sp³-hybridized carbons (Fsp3) is 0.538. The van der Waals surface area contributed by atoms with Gasteiger partial charge in [0.1, 0.15) is 6.54 Å². The number of nitrogens with two attached hydrogens (primary N) is 1.